The predicted molar refractivity (Wildman–Crippen MR) is 48.1 cm³/mol. The van der Waals surface area contributed by atoms with Crippen LogP contribution in [0.5, 0.6) is 0 Å². The van der Waals surface area contributed by atoms with Gasteiger partial charge in [-0.1, -0.05) is 12.8 Å². The molecule has 1 fully saturated rings. The highest BCUT2D eigenvalue weighted by molar-refractivity contribution is 5.81. The maximum atomic E-state index is 11.4. The Morgan fingerprint density at radius 1 is 1.42 bits per heavy atom. The van der Waals surface area contributed by atoms with E-state index in [1.54, 1.807) is 0 Å². The first-order valence-electron chi connectivity index (χ1n) is 4.95. The summed E-state index contributed by atoms with van der Waals surface area (Å²) in [6.45, 7) is 3.35. The average Bonchev–Trinajstić information content (AvgIpc) is 2.27. The fraction of sp³-hybridized carbons (Fsp3) is 0.900. The number of ketones is 1. The molecule has 2 nitrogen and oxygen atoms in total. The van der Waals surface area contributed by atoms with E-state index < -0.39 is 0 Å². The van der Waals surface area contributed by atoms with Crippen LogP contribution in [0, 0.1) is 5.92 Å². The molecule has 1 aliphatic rings. The van der Waals surface area contributed by atoms with Crippen LogP contribution in [0.1, 0.15) is 39.0 Å². The number of carbonyl (C=O) groups excluding carboxylic acids is 1. The highest BCUT2D eigenvalue weighted by Gasteiger charge is 2.20. The summed E-state index contributed by atoms with van der Waals surface area (Å²) in [5.74, 6) is 0.619. The molecule has 0 heterocycles. The molecule has 0 saturated heterocycles. The fourth-order valence-electron chi connectivity index (χ4n) is 1.67. The molecule has 0 radical (unpaired) electrons. The Labute approximate surface area is 74.3 Å². The van der Waals surface area contributed by atoms with Crippen LogP contribution in [0.4, 0.5) is 0 Å². The lowest BCUT2D eigenvalue weighted by Crippen LogP contribution is -2.18. The standard InChI is InChI=1S/C10H18O2/c1-2-12-8-9-6-4-3-5-7-10(9)11/h9H,2-8H2,1H3. The fourth-order valence-corrected chi connectivity index (χ4v) is 1.67. The second kappa shape index (κ2) is 5.31. The van der Waals surface area contributed by atoms with Gasteiger partial charge in [-0.2, -0.15) is 0 Å². The predicted octanol–water partition coefficient (Wildman–Crippen LogP) is 2.17. The van der Waals surface area contributed by atoms with Crippen LogP contribution in [0.15, 0.2) is 0 Å². The van der Waals surface area contributed by atoms with Gasteiger partial charge in [-0.05, 0) is 19.8 Å². The van der Waals surface area contributed by atoms with E-state index in [4.69, 9.17) is 4.74 Å². The number of hydrogen-bond donors (Lipinski definition) is 0. The monoisotopic (exact) mass is 170 g/mol. The summed E-state index contributed by atoms with van der Waals surface area (Å²) < 4.78 is 5.28. The van der Waals surface area contributed by atoms with Crippen molar-refractivity contribution in [2.24, 2.45) is 5.92 Å². The molecule has 2 heteroatoms. The highest BCUT2D eigenvalue weighted by Crippen LogP contribution is 2.19. The van der Waals surface area contributed by atoms with Crippen LogP contribution >= 0.6 is 0 Å². The second-order valence-corrected chi connectivity index (χ2v) is 3.42. The molecule has 0 aromatic rings. The van der Waals surface area contributed by atoms with E-state index in [1.807, 2.05) is 6.92 Å². The van der Waals surface area contributed by atoms with Gasteiger partial charge in [-0.15, -0.1) is 0 Å². The topological polar surface area (TPSA) is 26.3 Å². The first-order chi connectivity index (χ1) is 5.84. The minimum absolute atomic E-state index is 0.201. The molecule has 12 heavy (non-hydrogen) atoms. The van der Waals surface area contributed by atoms with Gasteiger partial charge in [-0.3, -0.25) is 4.79 Å². The van der Waals surface area contributed by atoms with Crippen molar-refractivity contribution in [3.63, 3.8) is 0 Å². The minimum Gasteiger partial charge on any atom is -0.381 e. The third-order valence-electron chi connectivity index (χ3n) is 2.45. The number of carbonyl (C=O) groups is 1. The Morgan fingerprint density at radius 3 is 3.00 bits per heavy atom. The maximum absolute atomic E-state index is 11.4. The molecule has 0 spiro atoms. The Bertz CT molecular complexity index is 143. The lowest BCUT2D eigenvalue weighted by molar-refractivity contribution is -0.124. The SMILES string of the molecule is CCOCC1CCCCCC1=O. The van der Waals surface area contributed by atoms with E-state index in [9.17, 15) is 4.79 Å². The van der Waals surface area contributed by atoms with Crippen molar-refractivity contribution in [1.29, 1.82) is 0 Å². The molecule has 0 aromatic carbocycles. The third-order valence-corrected chi connectivity index (χ3v) is 2.45. The molecule has 0 aromatic heterocycles. The van der Waals surface area contributed by atoms with Crippen LogP contribution in [0.25, 0.3) is 0 Å². The summed E-state index contributed by atoms with van der Waals surface area (Å²) in [6.07, 6.45) is 5.32. The van der Waals surface area contributed by atoms with Gasteiger partial charge in [-0.25, -0.2) is 0 Å². The summed E-state index contributed by atoms with van der Waals surface area (Å²) in [5.41, 5.74) is 0. The lowest BCUT2D eigenvalue weighted by atomic mass is 10.0. The van der Waals surface area contributed by atoms with Crippen molar-refractivity contribution in [2.45, 2.75) is 39.0 Å². The summed E-state index contributed by atoms with van der Waals surface area (Å²) in [4.78, 5) is 11.4. The third kappa shape index (κ3) is 2.94. The van der Waals surface area contributed by atoms with Crippen LogP contribution in [-0.2, 0) is 9.53 Å². The second-order valence-electron chi connectivity index (χ2n) is 3.42. The van der Waals surface area contributed by atoms with Crippen LogP contribution in [0.2, 0.25) is 0 Å². The van der Waals surface area contributed by atoms with E-state index in [0.717, 1.165) is 25.9 Å². The van der Waals surface area contributed by atoms with E-state index in [2.05, 4.69) is 0 Å². The number of rotatable bonds is 3. The van der Waals surface area contributed by atoms with Crippen molar-refractivity contribution in [3.05, 3.63) is 0 Å². The van der Waals surface area contributed by atoms with E-state index in [0.29, 0.717) is 12.4 Å². The van der Waals surface area contributed by atoms with Gasteiger partial charge < -0.3 is 4.74 Å². The van der Waals surface area contributed by atoms with Gasteiger partial charge in [0.15, 0.2) is 0 Å². The summed E-state index contributed by atoms with van der Waals surface area (Å²) in [7, 11) is 0. The zero-order chi connectivity index (χ0) is 8.81. The van der Waals surface area contributed by atoms with Crippen molar-refractivity contribution in [1.82, 2.24) is 0 Å². The lowest BCUT2D eigenvalue weighted by Gasteiger charge is -2.11. The number of Topliss-reactive ketones (excluding diaryl/α,β-unsaturated/α-hetero) is 1. The molecule has 0 aliphatic heterocycles. The van der Waals surface area contributed by atoms with Gasteiger partial charge >= 0.3 is 0 Å². The molecule has 1 atom stereocenters. The molecule has 1 saturated carbocycles. The Morgan fingerprint density at radius 2 is 2.25 bits per heavy atom. The summed E-state index contributed by atoms with van der Waals surface area (Å²) in [6, 6.07) is 0. The molecule has 1 aliphatic carbocycles. The Kier molecular flexibility index (Phi) is 4.30. The Balaban J connectivity index is 2.31. The highest BCUT2D eigenvalue weighted by atomic mass is 16.5. The van der Waals surface area contributed by atoms with Gasteiger partial charge in [0.05, 0.1) is 6.61 Å². The first-order valence-corrected chi connectivity index (χ1v) is 4.95. The molecular formula is C10H18O2. The number of ether oxygens (including phenoxy) is 1. The van der Waals surface area contributed by atoms with Gasteiger partial charge in [0.2, 0.25) is 0 Å². The van der Waals surface area contributed by atoms with Crippen molar-refractivity contribution in [3.8, 4) is 0 Å². The molecule has 1 rings (SSSR count). The van der Waals surface area contributed by atoms with E-state index in [-0.39, 0.29) is 5.92 Å². The normalized spacial score (nSPS) is 25.4. The molecule has 0 amide bonds. The zero-order valence-corrected chi connectivity index (χ0v) is 7.84. The zero-order valence-electron chi connectivity index (χ0n) is 7.84. The molecule has 0 bridgehead atoms. The number of hydrogen-bond acceptors (Lipinski definition) is 2. The Hall–Kier alpha value is -0.370. The smallest absolute Gasteiger partial charge is 0.138 e. The quantitative estimate of drug-likeness (QED) is 0.607. The minimum atomic E-state index is 0.201. The summed E-state index contributed by atoms with van der Waals surface area (Å²) in [5, 5.41) is 0. The molecule has 1 unspecified atom stereocenters. The van der Waals surface area contributed by atoms with Crippen molar-refractivity contribution in [2.75, 3.05) is 13.2 Å². The van der Waals surface area contributed by atoms with Crippen LogP contribution in [0.3, 0.4) is 0 Å². The van der Waals surface area contributed by atoms with Crippen LogP contribution in [-0.4, -0.2) is 19.0 Å². The van der Waals surface area contributed by atoms with E-state index in [1.165, 1.54) is 12.8 Å². The first kappa shape index (κ1) is 9.72. The van der Waals surface area contributed by atoms with Gasteiger partial charge in [0.1, 0.15) is 5.78 Å². The van der Waals surface area contributed by atoms with E-state index >= 15 is 0 Å². The maximum Gasteiger partial charge on any atom is 0.138 e. The van der Waals surface area contributed by atoms with Crippen molar-refractivity contribution < 1.29 is 9.53 Å². The van der Waals surface area contributed by atoms with Gasteiger partial charge in [0, 0.05) is 18.9 Å². The van der Waals surface area contributed by atoms with Gasteiger partial charge in [0.25, 0.3) is 0 Å². The van der Waals surface area contributed by atoms with Crippen LogP contribution < -0.4 is 0 Å². The van der Waals surface area contributed by atoms with Crippen molar-refractivity contribution >= 4 is 5.78 Å². The molecule has 70 valence electrons. The average molecular weight is 170 g/mol. The summed E-state index contributed by atoms with van der Waals surface area (Å²) >= 11 is 0. The largest absolute Gasteiger partial charge is 0.381 e. The molecular weight excluding hydrogens is 152 g/mol. The molecule has 0 N–H and O–H groups in total.